The Hall–Kier alpha value is -2.53. The highest BCUT2D eigenvalue weighted by Crippen LogP contribution is 2.28. The fraction of sp³-hybridized carbons (Fsp3) is 0.409. The van der Waals surface area contributed by atoms with E-state index in [0.717, 1.165) is 43.3 Å². The van der Waals surface area contributed by atoms with E-state index in [-0.39, 0.29) is 11.9 Å². The standard InChI is InChI=1S/C22H29N3O2/c1-4-25(19-10-6-5-7-11-19)22(26)18(2)23-14-16-24(17-15-23)20-12-8-9-13-21(20)27-3/h5-13,18H,4,14-17H2,1-3H3/t18-/m1/s1. The van der Waals surface area contributed by atoms with E-state index in [9.17, 15) is 4.79 Å². The number of nitrogens with zero attached hydrogens (tertiary/aromatic N) is 3. The lowest BCUT2D eigenvalue weighted by Gasteiger charge is -2.40. The number of benzene rings is 2. The Kier molecular flexibility index (Phi) is 6.35. The van der Waals surface area contributed by atoms with E-state index in [1.165, 1.54) is 0 Å². The number of piperazine rings is 1. The fourth-order valence-corrected chi connectivity index (χ4v) is 3.70. The molecule has 5 nitrogen and oxygen atoms in total. The predicted molar refractivity (Wildman–Crippen MR) is 111 cm³/mol. The van der Waals surface area contributed by atoms with Crippen molar-refractivity contribution in [2.75, 3.05) is 49.6 Å². The monoisotopic (exact) mass is 367 g/mol. The van der Waals surface area contributed by atoms with Crippen LogP contribution in [-0.4, -0.2) is 56.7 Å². The molecule has 2 aromatic rings. The van der Waals surface area contributed by atoms with Crippen molar-refractivity contribution < 1.29 is 9.53 Å². The van der Waals surface area contributed by atoms with Gasteiger partial charge in [-0.1, -0.05) is 30.3 Å². The summed E-state index contributed by atoms with van der Waals surface area (Å²) in [5.41, 5.74) is 2.09. The van der Waals surface area contributed by atoms with Crippen molar-refractivity contribution in [2.45, 2.75) is 19.9 Å². The minimum Gasteiger partial charge on any atom is -0.495 e. The Bertz CT molecular complexity index is 742. The summed E-state index contributed by atoms with van der Waals surface area (Å²) in [6.07, 6.45) is 0. The Morgan fingerprint density at radius 3 is 2.30 bits per heavy atom. The number of hydrogen-bond donors (Lipinski definition) is 0. The maximum atomic E-state index is 13.1. The number of rotatable bonds is 6. The molecule has 0 saturated carbocycles. The predicted octanol–water partition coefficient (Wildman–Crippen LogP) is 3.26. The van der Waals surface area contributed by atoms with Crippen LogP contribution in [0, 0.1) is 0 Å². The van der Waals surface area contributed by atoms with Gasteiger partial charge in [0.05, 0.1) is 18.8 Å². The molecule has 1 aliphatic heterocycles. The Morgan fingerprint density at radius 1 is 1.04 bits per heavy atom. The summed E-state index contributed by atoms with van der Waals surface area (Å²) in [6, 6.07) is 17.9. The molecule has 1 atom stereocenters. The molecule has 0 bridgehead atoms. The van der Waals surface area contributed by atoms with Crippen molar-refractivity contribution in [1.29, 1.82) is 0 Å². The smallest absolute Gasteiger partial charge is 0.244 e. The summed E-state index contributed by atoms with van der Waals surface area (Å²) in [7, 11) is 1.71. The Morgan fingerprint density at radius 2 is 1.67 bits per heavy atom. The number of para-hydroxylation sites is 3. The lowest BCUT2D eigenvalue weighted by Crippen LogP contribution is -2.54. The zero-order chi connectivity index (χ0) is 19.2. The van der Waals surface area contributed by atoms with E-state index in [1.807, 2.05) is 67.3 Å². The van der Waals surface area contributed by atoms with Crippen molar-refractivity contribution in [3.8, 4) is 5.75 Å². The van der Waals surface area contributed by atoms with Crippen LogP contribution in [0.15, 0.2) is 54.6 Å². The van der Waals surface area contributed by atoms with E-state index >= 15 is 0 Å². The third kappa shape index (κ3) is 4.25. The van der Waals surface area contributed by atoms with Gasteiger partial charge in [0.15, 0.2) is 0 Å². The number of anilines is 2. The van der Waals surface area contributed by atoms with Gasteiger partial charge in [0.1, 0.15) is 5.75 Å². The third-order valence-electron chi connectivity index (χ3n) is 5.30. The van der Waals surface area contributed by atoms with Gasteiger partial charge in [-0.3, -0.25) is 9.69 Å². The highest BCUT2D eigenvalue weighted by atomic mass is 16.5. The molecular weight excluding hydrogens is 338 g/mol. The molecule has 1 saturated heterocycles. The van der Waals surface area contributed by atoms with Gasteiger partial charge in [-0.05, 0) is 38.1 Å². The van der Waals surface area contributed by atoms with Gasteiger partial charge >= 0.3 is 0 Å². The average Bonchev–Trinajstić information content (AvgIpc) is 2.74. The van der Waals surface area contributed by atoms with Crippen LogP contribution in [0.2, 0.25) is 0 Å². The molecular formula is C22H29N3O2. The molecule has 144 valence electrons. The van der Waals surface area contributed by atoms with Crippen LogP contribution in [0.25, 0.3) is 0 Å². The van der Waals surface area contributed by atoms with Crippen molar-refractivity contribution in [3.05, 3.63) is 54.6 Å². The van der Waals surface area contributed by atoms with Gasteiger partial charge < -0.3 is 14.5 Å². The van der Waals surface area contributed by atoms with Gasteiger partial charge in [-0.15, -0.1) is 0 Å². The highest BCUT2D eigenvalue weighted by Gasteiger charge is 2.29. The van der Waals surface area contributed by atoms with Crippen LogP contribution in [0.1, 0.15) is 13.8 Å². The second-order valence-electron chi connectivity index (χ2n) is 6.79. The quantitative estimate of drug-likeness (QED) is 0.785. The van der Waals surface area contributed by atoms with Gasteiger partial charge in [0.2, 0.25) is 5.91 Å². The lowest BCUT2D eigenvalue weighted by atomic mass is 10.1. The first-order chi connectivity index (χ1) is 13.2. The van der Waals surface area contributed by atoms with E-state index in [2.05, 4.69) is 15.9 Å². The molecule has 0 aromatic heterocycles. The molecule has 0 radical (unpaired) electrons. The summed E-state index contributed by atoms with van der Waals surface area (Å²) >= 11 is 0. The van der Waals surface area contributed by atoms with E-state index in [4.69, 9.17) is 4.74 Å². The topological polar surface area (TPSA) is 36.0 Å². The molecule has 1 aliphatic rings. The summed E-state index contributed by atoms with van der Waals surface area (Å²) in [6.45, 7) is 8.21. The average molecular weight is 367 g/mol. The number of methoxy groups -OCH3 is 1. The van der Waals surface area contributed by atoms with Crippen molar-refractivity contribution in [3.63, 3.8) is 0 Å². The van der Waals surface area contributed by atoms with Crippen LogP contribution >= 0.6 is 0 Å². The first-order valence-corrected chi connectivity index (χ1v) is 9.64. The molecule has 1 amide bonds. The molecule has 27 heavy (non-hydrogen) atoms. The second-order valence-corrected chi connectivity index (χ2v) is 6.79. The third-order valence-corrected chi connectivity index (χ3v) is 5.30. The lowest BCUT2D eigenvalue weighted by molar-refractivity contribution is -0.123. The van der Waals surface area contributed by atoms with Gasteiger partial charge in [0.25, 0.3) is 0 Å². The minimum atomic E-state index is -0.134. The first-order valence-electron chi connectivity index (χ1n) is 9.64. The van der Waals surface area contributed by atoms with Crippen molar-refractivity contribution in [2.24, 2.45) is 0 Å². The minimum absolute atomic E-state index is 0.134. The van der Waals surface area contributed by atoms with Crippen LogP contribution < -0.4 is 14.5 Å². The largest absolute Gasteiger partial charge is 0.495 e. The van der Waals surface area contributed by atoms with Crippen LogP contribution in [-0.2, 0) is 4.79 Å². The summed E-state index contributed by atoms with van der Waals surface area (Å²) < 4.78 is 5.49. The number of ether oxygens (including phenoxy) is 1. The second kappa shape index (κ2) is 8.91. The molecule has 5 heteroatoms. The molecule has 1 fully saturated rings. The molecule has 1 heterocycles. The molecule has 0 aliphatic carbocycles. The maximum Gasteiger partial charge on any atom is 0.244 e. The molecule has 0 spiro atoms. The zero-order valence-electron chi connectivity index (χ0n) is 16.5. The maximum absolute atomic E-state index is 13.1. The van der Waals surface area contributed by atoms with Crippen LogP contribution in [0.4, 0.5) is 11.4 Å². The molecule has 3 rings (SSSR count). The molecule has 0 unspecified atom stereocenters. The number of likely N-dealkylation sites (N-methyl/N-ethyl adjacent to an activating group) is 1. The number of amides is 1. The molecule has 0 N–H and O–H groups in total. The number of carbonyl (C=O) groups excluding carboxylic acids is 1. The summed E-state index contributed by atoms with van der Waals surface area (Å²) in [4.78, 5) is 19.6. The fourth-order valence-electron chi connectivity index (χ4n) is 3.70. The van der Waals surface area contributed by atoms with Crippen molar-refractivity contribution in [1.82, 2.24) is 4.90 Å². The van der Waals surface area contributed by atoms with Gasteiger partial charge in [0, 0.05) is 38.4 Å². The summed E-state index contributed by atoms with van der Waals surface area (Å²) in [5.74, 6) is 1.06. The number of hydrogen-bond acceptors (Lipinski definition) is 4. The Labute approximate surface area is 162 Å². The van der Waals surface area contributed by atoms with E-state index < -0.39 is 0 Å². The van der Waals surface area contributed by atoms with Crippen LogP contribution in [0.3, 0.4) is 0 Å². The zero-order valence-corrected chi connectivity index (χ0v) is 16.5. The van der Waals surface area contributed by atoms with Crippen LogP contribution in [0.5, 0.6) is 5.75 Å². The normalized spacial score (nSPS) is 16.0. The highest BCUT2D eigenvalue weighted by molar-refractivity contribution is 5.96. The SMILES string of the molecule is CCN(C(=O)[C@@H](C)N1CCN(c2ccccc2OC)CC1)c1ccccc1. The molecule has 2 aromatic carbocycles. The Balaban J connectivity index is 1.64. The van der Waals surface area contributed by atoms with Crippen molar-refractivity contribution >= 4 is 17.3 Å². The van der Waals surface area contributed by atoms with E-state index in [0.29, 0.717) is 6.54 Å². The van der Waals surface area contributed by atoms with E-state index in [1.54, 1.807) is 7.11 Å². The number of carbonyl (C=O) groups is 1. The van der Waals surface area contributed by atoms with Gasteiger partial charge in [-0.2, -0.15) is 0 Å². The summed E-state index contributed by atoms with van der Waals surface area (Å²) in [5, 5.41) is 0. The first kappa shape index (κ1) is 19.2. The van der Waals surface area contributed by atoms with Gasteiger partial charge in [-0.25, -0.2) is 0 Å².